The Labute approximate surface area is 133 Å². The topological polar surface area (TPSA) is 18.5 Å². The number of ether oxygens (including phenoxy) is 2. The summed E-state index contributed by atoms with van der Waals surface area (Å²) in [7, 11) is 3.21. The molecule has 2 nitrogen and oxygen atoms in total. The molecule has 2 rings (SSSR count). The normalized spacial score (nSPS) is 11.1. The minimum absolute atomic E-state index is 0.316. The lowest BCUT2D eigenvalue weighted by molar-refractivity contribution is -0.106. The van der Waals surface area contributed by atoms with Crippen molar-refractivity contribution in [1.29, 1.82) is 0 Å². The van der Waals surface area contributed by atoms with Crippen LogP contribution in [0.4, 0.5) is 4.39 Å². The first kappa shape index (κ1) is 16.3. The molecule has 5 heteroatoms. The highest BCUT2D eigenvalue weighted by atomic mass is 35.5. The smallest absolute Gasteiger partial charge is 0.183 e. The summed E-state index contributed by atoms with van der Waals surface area (Å²) in [5.74, 6) is 0.375. The lowest BCUT2D eigenvalue weighted by Gasteiger charge is -2.13. The maximum absolute atomic E-state index is 13.0. The second kappa shape index (κ2) is 7.80. The third kappa shape index (κ3) is 4.45. The molecule has 2 aromatic carbocycles. The Morgan fingerprint density at radius 1 is 1.10 bits per heavy atom. The summed E-state index contributed by atoms with van der Waals surface area (Å²) < 4.78 is 23.4. The van der Waals surface area contributed by atoms with Crippen molar-refractivity contribution in [3.63, 3.8) is 0 Å². The molecule has 0 saturated heterocycles. The third-order valence-electron chi connectivity index (χ3n) is 2.99. The monoisotopic (exact) mass is 326 g/mol. The van der Waals surface area contributed by atoms with Gasteiger partial charge in [0.2, 0.25) is 0 Å². The minimum Gasteiger partial charge on any atom is -0.352 e. The van der Waals surface area contributed by atoms with Gasteiger partial charge in [-0.3, -0.25) is 0 Å². The average Bonchev–Trinajstić information content (AvgIpc) is 2.49. The number of methoxy groups -OCH3 is 2. The summed E-state index contributed by atoms with van der Waals surface area (Å²) in [6.07, 6.45) is -0.351. The molecule has 0 aliphatic heterocycles. The number of benzene rings is 2. The first-order valence-electron chi connectivity index (χ1n) is 6.36. The van der Waals surface area contributed by atoms with E-state index in [2.05, 4.69) is 0 Å². The van der Waals surface area contributed by atoms with Crippen molar-refractivity contribution in [3.05, 3.63) is 64.4 Å². The second-order valence-corrected chi connectivity index (χ2v) is 5.85. The van der Waals surface area contributed by atoms with Crippen molar-refractivity contribution in [2.24, 2.45) is 0 Å². The van der Waals surface area contributed by atoms with E-state index >= 15 is 0 Å². The molecular weight excluding hydrogens is 311 g/mol. The summed E-state index contributed by atoms with van der Waals surface area (Å²) in [4.78, 5) is 1.10. The Morgan fingerprint density at radius 3 is 2.33 bits per heavy atom. The van der Waals surface area contributed by atoms with Gasteiger partial charge in [-0.15, -0.1) is 11.8 Å². The fourth-order valence-electron chi connectivity index (χ4n) is 1.89. The molecule has 0 aliphatic rings. The van der Waals surface area contributed by atoms with Crippen LogP contribution in [0.3, 0.4) is 0 Å². The first-order valence-corrected chi connectivity index (χ1v) is 7.72. The number of thioether (sulfide) groups is 1. The van der Waals surface area contributed by atoms with Crippen molar-refractivity contribution >= 4 is 23.4 Å². The van der Waals surface area contributed by atoms with E-state index in [1.807, 2.05) is 24.3 Å². The van der Waals surface area contributed by atoms with Gasteiger partial charge in [0.25, 0.3) is 0 Å². The average molecular weight is 327 g/mol. The van der Waals surface area contributed by atoms with Gasteiger partial charge in [-0.05, 0) is 29.8 Å². The van der Waals surface area contributed by atoms with Crippen molar-refractivity contribution in [2.75, 3.05) is 14.2 Å². The van der Waals surface area contributed by atoms with Crippen LogP contribution >= 0.6 is 23.4 Å². The van der Waals surface area contributed by atoms with Crippen LogP contribution in [0.1, 0.15) is 17.4 Å². The molecule has 0 bridgehead atoms. The van der Waals surface area contributed by atoms with Crippen molar-refractivity contribution < 1.29 is 13.9 Å². The molecule has 112 valence electrons. The molecule has 0 fully saturated rings. The summed E-state index contributed by atoms with van der Waals surface area (Å²) >= 11 is 7.65. The SMILES string of the molecule is COC(OC)c1ccc(SCc2ccc(F)cc2Cl)cc1. The molecule has 0 atom stereocenters. The van der Waals surface area contributed by atoms with Crippen LogP contribution in [0.15, 0.2) is 47.4 Å². The van der Waals surface area contributed by atoms with E-state index in [1.54, 1.807) is 32.0 Å². The second-order valence-electron chi connectivity index (χ2n) is 4.40. The van der Waals surface area contributed by atoms with Crippen LogP contribution in [0, 0.1) is 5.82 Å². The highest BCUT2D eigenvalue weighted by Crippen LogP contribution is 2.28. The maximum atomic E-state index is 13.0. The van der Waals surface area contributed by atoms with Crippen molar-refractivity contribution in [2.45, 2.75) is 16.9 Å². The van der Waals surface area contributed by atoms with E-state index in [1.165, 1.54) is 12.1 Å². The molecule has 0 amide bonds. The maximum Gasteiger partial charge on any atom is 0.183 e. The third-order valence-corrected chi connectivity index (χ3v) is 4.40. The number of rotatable bonds is 6. The van der Waals surface area contributed by atoms with Gasteiger partial charge in [0, 0.05) is 35.5 Å². The molecule has 0 unspecified atom stereocenters. The Bertz CT molecular complexity index is 585. The molecule has 21 heavy (non-hydrogen) atoms. The zero-order chi connectivity index (χ0) is 15.2. The predicted molar refractivity (Wildman–Crippen MR) is 84.2 cm³/mol. The molecule has 0 spiro atoms. The van der Waals surface area contributed by atoms with Crippen LogP contribution in [0.2, 0.25) is 5.02 Å². The first-order chi connectivity index (χ1) is 10.1. The van der Waals surface area contributed by atoms with E-state index in [0.29, 0.717) is 10.8 Å². The van der Waals surface area contributed by atoms with Gasteiger partial charge in [0.05, 0.1) is 0 Å². The van der Waals surface area contributed by atoms with Gasteiger partial charge in [-0.2, -0.15) is 0 Å². The van der Waals surface area contributed by atoms with Crippen LogP contribution in [-0.4, -0.2) is 14.2 Å². The van der Waals surface area contributed by atoms with E-state index in [4.69, 9.17) is 21.1 Å². The minimum atomic E-state index is -0.351. The van der Waals surface area contributed by atoms with Gasteiger partial charge in [0.15, 0.2) is 6.29 Å². The quantitative estimate of drug-likeness (QED) is 0.546. The zero-order valence-corrected chi connectivity index (χ0v) is 13.4. The fourth-order valence-corrected chi connectivity index (χ4v) is 3.11. The summed E-state index contributed by atoms with van der Waals surface area (Å²) in [6.45, 7) is 0. The predicted octanol–water partition coefficient (Wildman–Crippen LogP) is 5.06. The lowest BCUT2D eigenvalue weighted by Crippen LogP contribution is -2.02. The number of hydrogen-bond donors (Lipinski definition) is 0. The molecule has 0 saturated carbocycles. The molecule has 0 N–H and O–H groups in total. The fraction of sp³-hybridized carbons (Fsp3) is 0.250. The standard InChI is InChI=1S/C16H16ClFO2S/c1-19-16(20-2)11-4-7-14(8-5-11)21-10-12-3-6-13(18)9-15(12)17/h3-9,16H,10H2,1-2H3. The van der Waals surface area contributed by atoms with E-state index in [0.717, 1.165) is 16.0 Å². The molecule has 0 aliphatic carbocycles. The zero-order valence-electron chi connectivity index (χ0n) is 11.8. The highest BCUT2D eigenvalue weighted by molar-refractivity contribution is 7.98. The summed E-state index contributed by atoms with van der Waals surface area (Å²) in [6, 6.07) is 12.4. The van der Waals surface area contributed by atoms with Gasteiger partial charge >= 0.3 is 0 Å². The van der Waals surface area contributed by atoms with Gasteiger partial charge in [0.1, 0.15) is 5.82 Å². The Kier molecular flexibility index (Phi) is 6.06. The van der Waals surface area contributed by atoms with E-state index < -0.39 is 0 Å². The van der Waals surface area contributed by atoms with Crippen molar-refractivity contribution in [1.82, 2.24) is 0 Å². The molecular formula is C16H16ClFO2S. The van der Waals surface area contributed by atoms with Gasteiger partial charge in [-0.1, -0.05) is 29.8 Å². The Morgan fingerprint density at radius 2 is 1.76 bits per heavy atom. The van der Waals surface area contributed by atoms with Gasteiger partial charge in [-0.25, -0.2) is 4.39 Å². The molecule has 0 heterocycles. The highest BCUT2D eigenvalue weighted by Gasteiger charge is 2.08. The molecule has 0 radical (unpaired) electrons. The van der Waals surface area contributed by atoms with Crippen molar-refractivity contribution in [3.8, 4) is 0 Å². The molecule has 0 aromatic heterocycles. The largest absolute Gasteiger partial charge is 0.352 e. The Hall–Kier alpha value is -1.07. The van der Waals surface area contributed by atoms with E-state index in [-0.39, 0.29) is 12.1 Å². The van der Waals surface area contributed by atoms with Crippen LogP contribution in [-0.2, 0) is 15.2 Å². The summed E-state index contributed by atoms with van der Waals surface area (Å²) in [5.41, 5.74) is 1.88. The molecule has 2 aromatic rings. The van der Waals surface area contributed by atoms with Crippen LogP contribution in [0.5, 0.6) is 0 Å². The van der Waals surface area contributed by atoms with Crippen LogP contribution < -0.4 is 0 Å². The Balaban J connectivity index is 2.00. The van der Waals surface area contributed by atoms with Crippen LogP contribution in [0.25, 0.3) is 0 Å². The van der Waals surface area contributed by atoms with E-state index in [9.17, 15) is 4.39 Å². The number of halogens is 2. The summed E-state index contributed by atoms with van der Waals surface area (Å²) in [5, 5.41) is 0.456. The van der Waals surface area contributed by atoms with Gasteiger partial charge < -0.3 is 9.47 Å². The lowest BCUT2D eigenvalue weighted by atomic mass is 10.2. The number of hydrogen-bond acceptors (Lipinski definition) is 3.